The molecule has 1 aliphatic rings. The smallest absolute Gasteiger partial charge is 0.184 e. The van der Waals surface area contributed by atoms with Crippen LogP contribution in [0, 0.1) is 11.3 Å². The molecule has 15 heavy (non-hydrogen) atoms. The second-order valence-corrected chi connectivity index (χ2v) is 11.5. The van der Waals surface area contributed by atoms with Crippen LogP contribution in [0.2, 0.25) is 19.6 Å². The van der Waals surface area contributed by atoms with Gasteiger partial charge in [0.25, 0.3) is 0 Å². The van der Waals surface area contributed by atoms with Crippen LogP contribution in [0.5, 0.6) is 0 Å². The standard InChI is InChI=1S/C13H28OSi/c1-13(2,3)11-7-9-12(10-8-11)14-15(4,5)6/h11-12H,7-10H2,1-6H3. The van der Waals surface area contributed by atoms with Gasteiger partial charge in [0.05, 0.1) is 0 Å². The zero-order valence-corrected chi connectivity index (χ0v) is 12.4. The Morgan fingerprint density at radius 2 is 1.40 bits per heavy atom. The van der Waals surface area contributed by atoms with Crippen molar-refractivity contribution in [3.63, 3.8) is 0 Å². The molecule has 90 valence electrons. The molecule has 1 rings (SSSR count). The molecule has 0 N–H and O–H groups in total. The Kier molecular flexibility index (Phi) is 4.05. The topological polar surface area (TPSA) is 9.23 Å². The maximum absolute atomic E-state index is 6.18. The van der Waals surface area contributed by atoms with Gasteiger partial charge in [-0.2, -0.15) is 0 Å². The van der Waals surface area contributed by atoms with E-state index >= 15 is 0 Å². The van der Waals surface area contributed by atoms with Crippen molar-refractivity contribution < 1.29 is 4.43 Å². The minimum absolute atomic E-state index is 0.490. The molecule has 1 fully saturated rings. The van der Waals surface area contributed by atoms with Crippen LogP contribution in [0.15, 0.2) is 0 Å². The van der Waals surface area contributed by atoms with Gasteiger partial charge in [0.2, 0.25) is 0 Å². The average Bonchev–Trinajstić information content (AvgIpc) is 2.00. The van der Waals surface area contributed by atoms with E-state index in [1.165, 1.54) is 25.7 Å². The summed E-state index contributed by atoms with van der Waals surface area (Å²) in [4.78, 5) is 0. The van der Waals surface area contributed by atoms with Crippen LogP contribution in [-0.4, -0.2) is 14.4 Å². The van der Waals surface area contributed by atoms with Crippen molar-refractivity contribution >= 4 is 8.32 Å². The Bertz CT molecular complexity index is 192. The highest BCUT2D eigenvalue weighted by atomic mass is 28.4. The van der Waals surface area contributed by atoms with E-state index < -0.39 is 8.32 Å². The van der Waals surface area contributed by atoms with Gasteiger partial charge in [-0.1, -0.05) is 20.8 Å². The van der Waals surface area contributed by atoms with Crippen molar-refractivity contribution in [3.8, 4) is 0 Å². The zero-order valence-electron chi connectivity index (χ0n) is 11.4. The second kappa shape index (κ2) is 4.58. The fourth-order valence-corrected chi connectivity index (χ4v) is 3.78. The summed E-state index contributed by atoms with van der Waals surface area (Å²) in [7, 11) is -1.31. The SMILES string of the molecule is CC(C)(C)C1CCC(O[Si](C)(C)C)CC1. The highest BCUT2D eigenvalue weighted by Gasteiger charge is 2.31. The number of rotatable bonds is 2. The molecule has 0 aliphatic heterocycles. The Labute approximate surface area is 96.7 Å². The molecule has 0 aromatic rings. The predicted octanol–water partition coefficient (Wildman–Crippen LogP) is 4.44. The van der Waals surface area contributed by atoms with E-state index in [0.717, 1.165) is 5.92 Å². The van der Waals surface area contributed by atoms with Gasteiger partial charge in [0.1, 0.15) is 0 Å². The maximum atomic E-state index is 6.18. The van der Waals surface area contributed by atoms with E-state index in [1.807, 2.05) is 0 Å². The number of hydrogen-bond acceptors (Lipinski definition) is 1. The number of hydrogen-bond donors (Lipinski definition) is 0. The van der Waals surface area contributed by atoms with Gasteiger partial charge in [-0.25, -0.2) is 0 Å². The summed E-state index contributed by atoms with van der Waals surface area (Å²) in [6.07, 6.45) is 5.85. The Morgan fingerprint density at radius 3 is 1.73 bits per heavy atom. The molecule has 0 unspecified atom stereocenters. The second-order valence-electron chi connectivity index (χ2n) is 7.07. The van der Waals surface area contributed by atoms with Crippen LogP contribution >= 0.6 is 0 Å². The lowest BCUT2D eigenvalue weighted by Crippen LogP contribution is -2.36. The molecule has 0 atom stereocenters. The summed E-state index contributed by atoms with van der Waals surface area (Å²) >= 11 is 0. The molecule has 0 aromatic carbocycles. The molecule has 0 amide bonds. The molecular formula is C13H28OSi. The zero-order chi connectivity index (χ0) is 11.7. The maximum Gasteiger partial charge on any atom is 0.184 e. The van der Waals surface area contributed by atoms with Gasteiger partial charge in [0.15, 0.2) is 8.32 Å². The molecule has 0 saturated heterocycles. The lowest BCUT2D eigenvalue weighted by Gasteiger charge is -2.38. The summed E-state index contributed by atoms with van der Waals surface area (Å²) in [5, 5.41) is 0. The van der Waals surface area contributed by atoms with Crippen molar-refractivity contribution in [3.05, 3.63) is 0 Å². The van der Waals surface area contributed by atoms with Crippen LogP contribution in [0.25, 0.3) is 0 Å². The van der Waals surface area contributed by atoms with E-state index in [-0.39, 0.29) is 0 Å². The van der Waals surface area contributed by atoms with E-state index in [1.54, 1.807) is 0 Å². The van der Waals surface area contributed by atoms with Crippen molar-refractivity contribution in [1.29, 1.82) is 0 Å². The van der Waals surface area contributed by atoms with Crippen LogP contribution < -0.4 is 0 Å². The summed E-state index contributed by atoms with van der Waals surface area (Å²) in [5.74, 6) is 0.902. The first kappa shape index (κ1) is 13.2. The van der Waals surface area contributed by atoms with Crippen molar-refractivity contribution in [2.24, 2.45) is 11.3 Å². The lowest BCUT2D eigenvalue weighted by molar-refractivity contribution is 0.0838. The van der Waals surface area contributed by atoms with Crippen LogP contribution in [0.1, 0.15) is 46.5 Å². The monoisotopic (exact) mass is 228 g/mol. The quantitative estimate of drug-likeness (QED) is 0.635. The van der Waals surface area contributed by atoms with Gasteiger partial charge < -0.3 is 4.43 Å². The molecule has 1 saturated carbocycles. The molecule has 0 spiro atoms. The van der Waals surface area contributed by atoms with Crippen LogP contribution in [0.3, 0.4) is 0 Å². The van der Waals surface area contributed by atoms with Gasteiger partial charge in [-0.05, 0) is 56.7 Å². The molecular weight excluding hydrogens is 200 g/mol. The highest BCUT2D eigenvalue weighted by molar-refractivity contribution is 6.69. The van der Waals surface area contributed by atoms with E-state index in [2.05, 4.69) is 40.4 Å². The average molecular weight is 228 g/mol. The summed E-state index contributed by atoms with van der Waals surface area (Å²) in [6, 6.07) is 0. The first-order chi connectivity index (χ1) is 6.68. The minimum Gasteiger partial charge on any atom is -0.415 e. The third kappa shape index (κ3) is 4.69. The molecule has 0 heterocycles. The first-order valence-electron chi connectivity index (χ1n) is 6.36. The van der Waals surface area contributed by atoms with Gasteiger partial charge in [0, 0.05) is 6.10 Å². The molecule has 0 aromatic heterocycles. The summed E-state index contributed by atoms with van der Waals surface area (Å²) in [6.45, 7) is 14.0. The fourth-order valence-electron chi connectivity index (χ4n) is 2.55. The summed E-state index contributed by atoms with van der Waals surface area (Å²) < 4.78 is 6.18. The molecule has 1 nitrogen and oxygen atoms in total. The highest BCUT2D eigenvalue weighted by Crippen LogP contribution is 2.38. The first-order valence-corrected chi connectivity index (χ1v) is 9.77. The molecule has 1 aliphatic carbocycles. The minimum atomic E-state index is -1.31. The van der Waals surface area contributed by atoms with E-state index in [9.17, 15) is 0 Å². The third-order valence-electron chi connectivity index (χ3n) is 3.42. The molecule has 0 bridgehead atoms. The van der Waals surface area contributed by atoms with Crippen LogP contribution in [-0.2, 0) is 4.43 Å². The molecule has 0 radical (unpaired) electrons. The van der Waals surface area contributed by atoms with E-state index in [4.69, 9.17) is 4.43 Å². The van der Waals surface area contributed by atoms with Gasteiger partial charge in [-0.3, -0.25) is 0 Å². The normalized spacial score (nSPS) is 29.2. The predicted molar refractivity (Wildman–Crippen MR) is 69.6 cm³/mol. The summed E-state index contributed by atoms with van der Waals surface area (Å²) in [5.41, 5.74) is 0.490. The lowest BCUT2D eigenvalue weighted by atomic mass is 9.72. The fraction of sp³-hybridized carbons (Fsp3) is 1.00. The van der Waals surface area contributed by atoms with Gasteiger partial charge in [-0.15, -0.1) is 0 Å². The van der Waals surface area contributed by atoms with Crippen LogP contribution in [0.4, 0.5) is 0 Å². The van der Waals surface area contributed by atoms with E-state index in [0.29, 0.717) is 11.5 Å². The van der Waals surface area contributed by atoms with Crippen molar-refractivity contribution in [1.82, 2.24) is 0 Å². The van der Waals surface area contributed by atoms with Crippen molar-refractivity contribution in [2.75, 3.05) is 0 Å². The van der Waals surface area contributed by atoms with Gasteiger partial charge >= 0.3 is 0 Å². The largest absolute Gasteiger partial charge is 0.415 e. The molecule has 2 heteroatoms. The third-order valence-corrected chi connectivity index (χ3v) is 4.46. The van der Waals surface area contributed by atoms with Crippen molar-refractivity contribution in [2.45, 2.75) is 72.2 Å². The Morgan fingerprint density at radius 1 is 0.933 bits per heavy atom. The Hall–Kier alpha value is 0.177. The Balaban J connectivity index is 2.37.